The predicted molar refractivity (Wildman–Crippen MR) is 166 cm³/mol. The molecule has 3 N–H and O–H groups in total. The lowest BCUT2D eigenvalue weighted by atomic mass is 9.94. The summed E-state index contributed by atoms with van der Waals surface area (Å²) in [7, 11) is 1.66. The summed E-state index contributed by atoms with van der Waals surface area (Å²) in [6.45, 7) is 8.00. The third kappa shape index (κ3) is 8.10. The van der Waals surface area contributed by atoms with Gasteiger partial charge < -0.3 is 25.6 Å². The Kier molecular flexibility index (Phi) is 10.6. The van der Waals surface area contributed by atoms with Crippen molar-refractivity contribution in [2.45, 2.75) is 65.1 Å². The second kappa shape index (κ2) is 14.3. The molecule has 1 saturated heterocycles. The van der Waals surface area contributed by atoms with Crippen molar-refractivity contribution in [1.29, 1.82) is 0 Å². The van der Waals surface area contributed by atoms with Crippen LogP contribution in [0.25, 0.3) is 10.8 Å². The molecule has 3 aromatic rings. The fourth-order valence-electron chi connectivity index (χ4n) is 5.41. The first kappa shape index (κ1) is 31.0. The Morgan fingerprint density at radius 3 is 2.48 bits per heavy atom. The molecule has 4 rings (SSSR count). The van der Waals surface area contributed by atoms with Gasteiger partial charge in [-0.1, -0.05) is 81.4 Å². The van der Waals surface area contributed by atoms with Crippen molar-refractivity contribution in [3.63, 3.8) is 0 Å². The van der Waals surface area contributed by atoms with Gasteiger partial charge in [-0.15, -0.1) is 0 Å². The lowest BCUT2D eigenvalue weighted by molar-refractivity contribution is -0.145. The van der Waals surface area contributed by atoms with Crippen LogP contribution >= 0.6 is 0 Å². The minimum absolute atomic E-state index is 0.0451. The fourth-order valence-corrected chi connectivity index (χ4v) is 5.41. The molecule has 1 unspecified atom stereocenters. The summed E-state index contributed by atoms with van der Waals surface area (Å²) in [5, 5.41) is 11.6. The van der Waals surface area contributed by atoms with Crippen LogP contribution in [0.3, 0.4) is 0 Å². The zero-order chi connectivity index (χ0) is 30.1. The third-order valence-corrected chi connectivity index (χ3v) is 7.68. The molecule has 0 aromatic heterocycles. The number of benzene rings is 3. The van der Waals surface area contributed by atoms with E-state index in [1.807, 2.05) is 81.4 Å². The van der Waals surface area contributed by atoms with Crippen molar-refractivity contribution in [3.05, 3.63) is 77.9 Å². The smallest absolute Gasteiger partial charge is 0.243 e. The molecular formula is C34H44N4O4. The van der Waals surface area contributed by atoms with E-state index < -0.39 is 17.5 Å². The number of nitrogens with zero attached hydrogens (tertiary/aromatic N) is 1. The van der Waals surface area contributed by atoms with Crippen molar-refractivity contribution in [1.82, 2.24) is 20.9 Å². The Bertz CT molecular complexity index is 1380. The molecule has 42 heavy (non-hydrogen) atoms. The number of rotatable bonds is 12. The van der Waals surface area contributed by atoms with Crippen molar-refractivity contribution in [2.75, 3.05) is 26.7 Å². The van der Waals surface area contributed by atoms with Crippen molar-refractivity contribution >= 4 is 28.5 Å². The molecule has 224 valence electrons. The van der Waals surface area contributed by atoms with Gasteiger partial charge in [-0.25, -0.2) is 0 Å². The highest BCUT2D eigenvalue weighted by atomic mass is 16.5. The monoisotopic (exact) mass is 572 g/mol. The van der Waals surface area contributed by atoms with Gasteiger partial charge in [0.2, 0.25) is 17.7 Å². The molecule has 1 heterocycles. The summed E-state index contributed by atoms with van der Waals surface area (Å²) in [5.74, 6) is 0.296. The minimum atomic E-state index is -0.757. The molecule has 0 spiro atoms. The van der Waals surface area contributed by atoms with E-state index in [0.717, 1.165) is 40.5 Å². The van der Waals surface area contributed by atoms with Gasteiger partial charge in [0.15, 0.2) is 0 Å². The first-order valence-corrected chi connectivity index (χ1v) is 14.9. The maximum absolute atomic E-state index is 13.5. The van der Waals surface area contributed by atoms with Gasteiger partial charge in [-0.2, -0.15) is 0 Å². The molecule has 3 amide bonds. The van der Waals surface area contributed by atoms with Crippen LogP contribution in [0.2, 0.25) is 0 Å². The van der Waals surface area contributed by atoms with Crippen molar-refractivity contribution in [3.8, 4) is 5.75 Å². The van der Waals surface area contributed by atoms with E-state index in [9.17, 15) is 14.4 Å². The summed E-state index contributed by atoms with van der Waals surface area (Å²) >= 11 is 0. The van der Waals surface area contributed by atoms with Crippen LogP contribution in [0, 0.1) is 5.41 Å². The number of methoxy groups -OCH3 is 1. The highest BCUT2D eigenvalue weighted by molar-refractivity contribution is 5.93. The molecule has 0 aliphatic carbocycles. The van der Waals surface area contributed by atoms with E-state index in [4.69, 9.17) is 4.74 Å². The molecule has 0 saturated carbocycles. The van der Waals surface area contributed by atoms with Crippen molar-refractivity contribution in [2.24, 2.45) is 5.41 Å². The zero-order valence-corrected chi connectivity index (χ0v) is 25.2. The van der Waals surface area contributed by atoms with Gasteiger partial charge in [-0.05, 0) is 48.2 Å². The number of carbonyl (C=O) groups is 3. The van der Waals surface area contributed by atoms with Gasteiger partial charge in [0.05, 0.1) is 7.11 Å². The first-order valence-electron chi connectivity index (χ1n) is 14.9. The summed E-state index contributed by atoms with van der Waals surface area (Å²) in [6.07, 6.45) is 2.45. The molecule has 1 fully saturated rings. The van der Waals surface area contributed by atoms with Crippen LogP contribution in [0.1, 0.15) is 51.2 Å². The van der Waals surface area contributed by atoms with Crippen LogP contribution in [0.4, 0.5) is 0 Å². The van der Waals surface area contributed by atoms with Gasteiger partial charge in [0, 0.05) is 37.0 Å². The number of carbonyl (C=O) groups excluding carboxylic acids is 3. The number of hydrogen-bond acceptors (Lipinski definition) is 5. The van der Waals surface area contributed by atoms with Gasteiger partial charge >= 0.3 is 0 Å². The molecule has 1 aliphatic rings. The maximum Gasteiger partial charge on any atom is 0.243 e. The Morgan fingerprint density at radius 2 is 1.71 bits per heavy atom. The molecule has 1 aliphatic heterocycles. The number of nitrogens with one attached hydrogen (secondary N) is 3. The Balaban J connectivity index is 1.38. The second-order valence-electron chi connectivity index (χ2n) is 12.0. The minimum Gasteiger partial charge on any atom is -0.496 e. The zero-order valence-electron chi connectivity index (χ0n) is 25.2. The molecule has 0 bridgehead atoms. The van der Waals surface area contributed by atoms with E-state index in [1.165, 1.54) is 0 Å². The van der Waals surface area contributed by atoms with Crippen molar-refractivity contribution < 1.29 is 19.1 Å². The van der Waals surface area contributed by atoms with Crippen LogP contribution in [-0.2, 0) is 27.3 Å². The Morgan fingerprint density at radius 1 is 0.976 bits per heavy atom. The molecule has 8 nitrogen and oxygen atoms in total. The van der Waals surface area contributed by atoms with E-state index >= 15 is 0 Å². The Labute approximate surface area is 249 Å². The molecule has 8 heteroatoms. The van der Waals surface area contributed by atoms with Gasteiger partial charge in [0.25, 0.3) is 0 Å². The average molecular weight is 573 g/mol. The molecule has 3 aromatic carbocycles. The van der Waals surface area contributed by atoms with Gasteiger partial charge in [-0.3, -0.25) is 14.4 Å². The van der Waals surface area contributed by atoms with E-state index in [1.54, 1.807) is 12.0 Å². The highest BCUT2D eigenvalue weighted by Gasteiger charge is 2.39. The summed E-state index contributed by atoms with van der Waals surface area (Å²) in [4.78, 5) is 41.6. The number of amides is 3. The lowest BCUT2D eigenvalue weighted by Gasteiger charge is -2.31. The standard InChI is InChI=1S/C34H44N4O4/c1-34(2,3)33(41)38-20-9-14-29(38)32(40)37-28(22-24-16-17-25-11-5-6-12-26(25)21-24)31(39)36-19-10-18-35-23-27-13-7-8-15-30(27)42-4/h5-8,11-13,15-17,21,28-29,35H,9-10,14,18-20,22-23H2,1-4H3,(H,36,39)(H,37,40)/t28-,29?/m1/s1. The molecule has 0 radical (unpaired) electrons. The topological polar surface area (TPSA) is 99.8 Å². The van der Waals surface area contributed by atoms with Crippen LogP contribution in [0.15, 0.2) is 66.7 Å². The van der Waals surface area contributed by atoms with Crippen LogP contribution < -0.4 is 20.7 Å². The molecule has 2 atom stereocenters. The maximum atomic E-state index is 13.5. The summed E-state index contributed by atoms with van der Waals surface area (Å²) < 4.78 is 5.41. The quantitative estimate of drug-likeness (QED) is 0.283. The molecular weight excluding hydrogens is 528 g/mol. The van der Waals surface area contributed by atoms with Crippen LogP contribution in [-0.4, -0.2) is 61.4 Å². The number of fused-ring (bicyclic) bond motifs is 1. The number of para-hydroxylation sites is 1. The van der Waals surface area contributed by atoms with E-state index in [0.29, 0.717) is 39.0 Å². The first-order chi connectivity index (χ1) is 20.2. The Hall–Kier alpha value is -3.91. The second-order valence-corrected chi connectivity index (χ2v) is 12.0. The highest BCUT2D eigenvalue weighted by Crippen LogP contribution is 2.26. The number of hydrogen-bond donors (Lipinski definition) is 3. The third-order valence-electron chi connectivity index (χ3n) is 7.68. The van der Waals surface area contributed by atoms with Crippen LogP contribution in [0.5, 0.6) is 5.75 Å². The average Bonchev–Trinajstić information content (AvgIpc) is 3.47. The van der Waals surface area contributed by atoms with E-state index in [2.05, 4.69) is 22.0 Å². The van der Waals surface area contributed by atoms with E-state index in [-0.39, 0.29) is 17.7 Å². The lowest BCUT2D eigenvalue weighted by Crippen LogP contribution is -2.55. The predicted octanol–water partition coefficient (Wildman–Crippen LogP) is 4.21. The number of likely N-dealkylation sites (tertiary alicyclic amines) is 1. The largest absolute Gasteiger partial charge is 0.496 e. The SMILES string of the molecule is COc1ccccc1CNCCCNC(=O)[C@@H](Cc1ccc2ccccc2c1)NC(=O)C1CCCN1C(=O)C(C)(C)C. The fraction of sp³-hybridized carbons (Fsp3) is 0.441. The normalized spacial score (nSPS) is 15.8. The number of ether oxygens (including phenoxy) is 1. The summed E-state index contributed by atoms with van der Waals surface area (Å²) in [6, 6.07) is 20.7. The summed E-state index contributed by atoms with van der Waals surface area (Å²) in [5.41, 5.74) is 1.46. The van der Waals surface area contributed by atoms with Gasteiger partial charge in [0.1, 0.15) is 17.8 Å².